The van der Waals surface area contributed by atoms with Gasteiger partial charge in [0.15, 0.2) is 5.78 Å². The zero-order chi connectivity index (χ0) is 18.3. The van der Waals surface area contributed by atoms with Crippen LogP contribution in [-0.2, 0) is 4.79 Å². The van der Waals surface area contributed by atoms with Crippen LogP contribution in [0.4, 0.5) is 0 Å². The zero-order valence-electron chi connectivity index (χ0n) is 14.0. The summed E-state index contributed by atoms with van der Waals surface area (Å²) in [5.41, 5.74) is 2.05. The van der Waals surface area contributed by atoms with Crippen LogP contribution in [0.3, 0.4) is 0 Å². The van der Waals surface area contributed by atoms with E-state index >= 15 is 0 Å². The quantitative estimate of drug-likeness (QED) is 0.711. The van der Waals surface area contributed by atoms with Gasteiger partial charge in [-0.25, -0.2) is 4.68 Å². The Balaban J connectivity index is 1.85. The smallest absolute Gasteiger partial charge is 0.278 e. The van der Waals surface area contributed by atoms with Crippen LogP contribution in [0.15, 0.2) is 58.9 Å². The van der Waals surface area contributed by atoms with Gasteiger partial charge in [-0.1, -0.05) is 41.9 Å². The monoisotopic (exact) mass is 362 g/mol. The van der Waals surface area contributed by atoms with E-state index in [4.69, 9.17) is 11.6 Å². The predicted molar refractivity (Wildman–Crippen MR) is 104 cm³/mol. The van der Waals surface area contributed by atoms with E-state index in [0.29, 0.717) is 27.5 Å². The average Bonchev–Trinajstić information content (AvgIpc) is 2.90. The van der Waals surface area contributed by atoms with Crippen molar-refractivity contribution in [2.75, 3.05) is 0 Å². The number of aryl methyl sites for hydroxylation is 1. The Kier molecular flexibility index (Phi) is 3.98. The van der Waals surface area contributed by atoms with E-state index in [1.54, 1.807) is 43.3 Å². The lowest BCUT2D eigenvalue weighted by Gasteiger charge is -2.03. The fraction of sp³-hybridized carbons (Fsp3) is 0.0476. The van der Waals surface area contributed by atoms with Crippen molar-refractivity contribution in [1.82, 2.24) is 9.78 Å². The SMILES string of the molecule is Cc1[nH]n(-c2cccc(Cl)c2)c(=O)c1/C=C1\C=c2ccccc2=CC1=O. The Morgan fingerprint density at radius 1 is 1.00 bits per heavy atom. The minimum absolute atomic E-state index is 0.113. The second-order valence-corrected chi connectivity index (χ2v) is 6.59. The Morgan fingerprint density at radius 3 is 2.46 bits per heavy atom. The van der Waals surface area contributed by atoms with Gasteiger partial charge in [0.05, 0.1) is 11.3 Å². The number of carbonyl (C=O) groups excluding carboxylic acids is 1. The number of hydrogen-bond donors (Lipinski definition) is 1. The number of allylic oxidation sites excluding steroid dienone is 1. The first-order valence-electron chi connectivity index (χ1n) is 8.15. The summed E-state index contributed by atoms with van der Waals surface area (Å²) in [6.07, 6.45) is 5.05. The van der Waals surface area contributed by atoms with Crippen molar-refractivity contribution in [1.29, 1.82) is 0 Å². The summed E-state index contributed by atoms with van der Waals surface area (Å²) >= 11 is 6.02. The number of carbonyl (C=O) groups is 1. The maximum Gasteiger partial charge on any atom is 0.278 e. The normalized spacial score (nSPS) is 14.7. The van der Waals surface area contributed by atoms with Crippen molar-refractivity contribution in [3.05, 3.63) is 91.2 Å². The fourth-order valence-electron chi connectivity index (χ4n) is 3.03. The third-order valence-corrected chi connectivity index (χ3v) is 4.60. The summed E-state index contributed by atoms with van der Waals surface area (Å²) in [5.74, 6) is -0.113. The van der Waals surface area contributed by atoms with Crippen LogP contribution < -0.4 is 16.0 Å². The van der Waals surface area contributed by atoms with Crippen molar-refractivity contribution in [2.24, 2.45) is 0 Å². The molecule has 0 atom stereocenters. The van der Waals surface area contributed by atoms with Gasteiger partial charge in [0, 0.05) is 16.3 Å². The lowest BCUT2D eigenvalue weighted by atomic mass is 10.00. The maximum absolute atomic E-state index is 12.8. The predicted octanol–water partition coefficient (Wildman–Crippen LogP) is 2.35. The highest BCUT2D eigenvalue weighted by atomic mass is 35.5. The molecule has 0 unspecified atom stereocenters. The molecule has 1 aromatic heterocycles. The molecule has 0 amide bonds. The van der Waals surface area contributed by atoms with Crippen molar-refractivity contribution in [3.8, 4) is 5.69 Å². The van der Waals surface area contributed by atoms with Crippen molar-refractivity contribution >= 4 is 35.6 Å². The number of nitrogens with one attached hydrogen (secondary N) is 1. The fourth-order valence-corrected chi connectivity index (χ4v) is 3.22. The summed E-state index contributed by atoms with van der Waals surface area (Å²) < 4.78 is 1.43. The van der Waals surface area contributed by atoms with Gasteiger partial charge >= 0.3 is 0 Å². The molecule has 0 aliphatic heterocycles. The Labute approximate surface area is 154 Å². The number of rotatable bonds is 2. The van der Waals surface area contributed by atoms with E-state index < -0.39 is 0 Å². The number of aromatic amines is 1. The number of H-pyrrole nitrogens is 1. The molecule has 0 fully saturated rings. The standard InChI is InChI=1S/C21H15ClN2O2/c1-13-19(21(26)24(23-13)18-8-4-7-17(22)12-18)10-16-9-14-5-2-3-6-15(14)11-20(16)25/h2-12,23H,1H3/b16-10+. The first-order chi connectivity index (χ1) is 12.5. The molecule has 1 aliphatic rings. The van der Waals surface area contributed by atoms with E-state index in [-0.39, 0.29) is 11.3 Å². The van der Waals surface area contributed by atoms with Gasteiger partial charge < -0.3 is 0 Å². The topological polar surface area (TPSA) is 54.9 Å². The number of Topliss-reactive ketones (excluding diaryl/α,β-unsaturated/α-hetero) is 1. The van der Waals surface area contributed by atoms with E-state index in [2.05, 4.69) is 5.10 Å². The van der Waals surface area contributed by atoms with Gasteiger partial charge in [-0.15, -0.1) is 0 Å². The average molecular weight is 363 g/mol. The van der Waals surface area contributed by atoms with Gasteiger partial charge in [-0.3, -0.25) is 14.7 Å². The molecule has 5 heteroatoms. The molecule has 3 aromatic rings. The number of ketones is 1. The van der Waals surface area contributed by atoms with Crippen molar-refractivity contribution in [2.45, 2.75) is 6.92 Å². The summed E-state index contributed by atoms with van der Waals surface area (Å²) in [6, 6.07) is 14.7. The van der Waals surface area contributed by atoms with Gasteiger partial charge in [-0.2, -0.15) is 0 Å². The number of aromatic nitrogens is 2. The van der Waals surface area contributed by atoms with Crippen LogP contribution in [0.5, 0.6) is 0 Å². The Hall–Kier alpha value is -3.11. The van der Waals surface area contributed by atoms with Gasteiger partial charge in [-0.05, 0) is 53.8 Å². The third kappa shape index (κ3) is 2.85. The van der Waals surface area contributed by atoms with Crippen LogP contribution in [0.2, 0.25) is 5.02 Å². The maximum atomic E-state index is 12.8. The highest BCUT2D eigenvalue weighted by Crippen LogP contribution is 2.16. The van der Waals surface area contributed by atoms with Gasteiger partial charge in [0.2, 0.25) is 0 Å². The van der Waals surface area contributed by atoms with E-state index in [1.165, 1.54) is 4.68 Å². The molecule has 1 heterocycles. The summed E-state index contributed by atoms with van der Waals surface area (Å²) in [6.45, 7) is 1.81. The molecule has 26 heavy (non-hydrogen) atoms. The van der Waals surface area contributed by atoms with Gasteiger partial charge in [0.25, 0.3) is 5.56 Å². The minimum Gasteiger partial charge on any atom is -0.295 e. The summed E-state index contributed by atoms with van der Waals surface area (Å²) in [4.78, 5) is 25.2. The third-order valence-electron chi connectivity index (χ3n) is 4.36. The zero-order valence-corrected chi connectivity index (χ0v) is 14.7. The van der Waals surface area contributed by atoms with Crippen LogP contribution in [0.25, 0.3) is 23.9 Å². The molecule has 0 radical (unpaired) electrons. The second-order valence-electron chi connectivity index (χ2n) is 6.15. The Morgan fingerprint density at radius 2 is 1.73 bits per heavy atom. The number of benzene rings is 2. The first-order valence-corrected chi connectivity index (χ1v) is 8.53. The van der Waals surface area contributed by atoms with Crippen LogP contribution in [0, 0.1) is 6.92 Å². The van der Waals surface area contributed by atoms with E-state index in [0.717, 1.165) is 10.4 Å². The number of hydrogen-bond acceptors (Lipinski definition) is 2. The molecule has 4 nitrogen and oxygen atoms in total. The molecule has 2 aromatic carbocycles. The Bertz CT molecular complexity index is 1250. The lowest BCUT2D eigenvalue weighted by molar-refractivity contribution is -0.109. The van der Waals surface area contributed by atoms with Crippen molar-refractivity contribution in [3.63, 3.8) is 0 Å². The molecule has 0 bridgehead atoms. The lowest BCUT2D eigenvalue weighted by Crippen LogP contribution is -2.29. The molecular weight excluding hydrogens is 348 g/mol. The van der Waals surface area contributed by atoms with Crippen LogP contribution in [-0.4, -0.2) is 15.6 Å². The molecule has 1 N–H and O–H groups in total. The molecular formula is C21H15ClN2O2. The molecule has 0 spiro atoms. The van der Waals surface area contributed by atoms with Crippen molar-refractivity contribution < 1.29 is 4.79 Å². The van der Waals surface area contributed by atoms with Gasteiger partial charge in [0.1, 0.15) is 0 Å². The second kappa shape index (κ2) is 6.32. The van der Waals surface area contributed by atoms with E-state index in [9.17, 15) is 9.59 Å². The highest BCUT2D eigenvalue weighted by molar-refractivity contribution is 6.30. The van der Waals surface area contributed by atoms with E-state index in [1.807, 2.05) is 30.3 Å². The summed E-state index contributed by atoms with van der Waals surface area (Å²) in [7, 11) is 0. The molecule has 1 aliphatic carbocycles. The number of fused-ring (bicyclic) bond motifs is 1. The molecule has 128 valence electrons. The highest BCUT2D eigenvalue weighted by Gasteiger charge is 2.14. The molecule has 4 rings (SSSR count). The van der Waals surface area contributed by atoms with Crippen LogP contribution >= 0.6 is 11.6 Å². The molecule has 0 saturated heterocycles. The largest absolute Gasteiger partial charge is 0.295 e. The number of halogens is 1. The molecule has 0 saturated carbocycles. The number of nitrogens with zero attached hydrogens (tertiary/aromatic N) is 1. The van der Waals surface area contributed by atoms with Crippen LogP contribution in [0.1, 0.15) is 11.3 Å². The minimum atomic E-state index is -0.225. The first kappa shape index (κ1) is 16.4. The summed E-state index contributed by atoms with van der Waals surface area (Å²) in [5, 5.41) is 5.44.